The number of fused-ring (bicyclic) bond motifs is 1. The average molecular weight is 371 g/mol. The highest BCUT2D eigenvalue weighted by atomic mass is 32.2. The van der Waals surface area contributed by atoms with Gasteiger partial charge in [0.05, 0.1) is 12.2 Å². The first kappa shape index (κ1) is 18.3. The van der Waals surface area contributed by atoms with Crippen molar-refractivity contribution >= 4 is 23.5 Å². The second-order valence-corrected chi connectivity index (χ2v) is 6.88. The van der Waals surface area contributed by atoms with Crippen molar-refractivity contribution < 1.29 is 9.53 Å². The molecule has 0 radical (unpaired) electrons. The number of hydrogen-bond donors (Lipinski definition) is 1. The normalized spacial score (nSPS) is 15.9. The van der Waals surface area contributed by atoms with Gasteiger partial charge >= 0.3 is 0 Å². The van der Waals surface area contributed by atoms with Crippen LogP contribution in [0.25, 0.3) is 0 Å². The lowest BCUT2D eigenvalue weighted by Gasteiger charge is -2.28. The third-order valence-corrected chi connectivity index (χ3v) is 5.25. The minimum atomic E-state index is -0.383. The summed E-state index contributed by atoms with van der Waals surface area (Å²) in [4.78, 5) is 29.4. The molecule has 1 aromatic carbocycles. The van der Waals surface area contributed by atoms with Gasteiger partial charge in [0.15, 0.2) is 5.16 Å². The molecule has 0 bridgehead atoms. The van der Waals surface area contributed by atoms with Gasteiger partial charge in [0.25, 0.3) is 5.56 Å². The number of carbonyl (C=O) groups excluding carboxylic acids is 1. The molecule has 0 saturated carbocycles. The molecule has 7 heteroatoms. The smallest absolute Gasteiger partial charge is 0.279 e. The second-order valence-electron chi connectivity index (χ2n) is 5.90. The maximum atomic E-state index is 12.8. The SMILES string of the molecule is C=CCSc1nc(=O)c2c(n1C)NC(=O)CC2c1ccccc1OCC. The Hall–Kier alpha value is -2.54. The summed E-state index contributed by atoms with van der Waals surface area (Å²) in [5, 5.41) is 3.39. The number of anilines is 1. The van der Waals surface area contributed by atoms with Crippen LogP contribution in [0.2, 0.25) is 0 Å². The minimum absolute atomic E-state index is 0.130. The molecule has 0 saturated heterocycles. The fourth-order valence-electron chi connectivity index (χ4n) is 3.12. The number of nitrogens with one attached hydrogen (secondary N) is 1. The van der Waals surface area contributed by atoms with E-state index in [1.807, 2.05) is 31.2 Å². The van der Waals surface area contributed by atoms with Gasteiger partial charge in [-0.3, -0.25) is 9.59 Å². The summed E-state index contributed by atoms with van der Waals surface area (Å²) in [6.07, 6.45) is 1.93. The van der Waals surface area contributed by atoms with E-state index in [4.69, 9.17) is 4.74 Å². The van der Waals surface area contributed by atoms with E-state index in [1.165, 1.54) is 11.8 Å². The average Bonchev–Trinajstić information content (AvgIpc) is 2.63. The van der Waals surface area contributed by atoms with Crippen molar-refractivity contribution in [2.45, 2.75) is 24.4 Å². The summed E-state index contributed by atoms with van der Waals surface area (Å²) < 4.78 is 7.47. The van der Waals surface area contributed by atoms with Gasteiger partial charge in [0, 0.05) is 30.7 Å². The molecule has 1 aromatic heterocycles. The molecule has 1 N–H and O–H groups in total. The number of para-hydroxylation sites is 1. The monoisotopic (exact) mass is 371 g/mol. The fourth-order valence-corrected chi connectivity index (χ4v) is 3.82. The summed E-state index contributed by atoms with van der Waals surface area (Å²) in [7, 11) is 1.80. The summed E-state index contributed by atoms with van der Waals surface area (Å²) >= 11 is 1.40. The van der Waals surface area contributed by atoms with Crippen molar-refractivity contribution in [3.05, 3.63) is 58.4 Å². The second kappa shape index (κ2) is 7.78. The quantitative estimate of drug-likeness (QED) is 0.480. The summed E-state index contributed by atoms with van der Waals surface area (Å²) in [6.45, 7) is 6.10. The number of thioether (sulfide) groups is 1. The van der Waals surface area contributed by atoms with Crippen LogP contribution in [0.3, 0.4) is 0 Å². The summed E-state index contributed by atoms with van der Waals surface area (Å²) in [5.74, 6) is 1.31. The van der Waals surface area contributed by atoms with Gasteiger partial charge in [-0.1, -0.05) is 36.0 Å². The molecule has 2 heterocycles. The van der Waals surface area contributed by atoms with E-state index < -0.39 is 0 Å². The van der Waals surface area contributed by atoms with Crippen molar-refractivity contribution in [3.63, 3.8) is 0 Å². The Balaban J connectivity index is 2.16. The molecule has 6 nitrogen and oxygen atoms in total. The van der Waals surface area contributed by atoms with Gasteiger partial charge in [-0.15, -0.1) is 6.58 Å². The number of benzene rings is 1. The Morgan fingerprint density at radius 3 is 2.92 bits per heavy atom. The van der Waals surface area contributed by atoms with E-state index in [0.717, 1.165) is 5.56 Å². The fraction of sp³-hybridized carbons (Fsp3) is 0.316. The van der Waals surface area contributed by atoms with Gasteiger partial charge < -0.3 is 14.6 Å². The lowest BCUT2D eigenvalue weighted by molar-refractivity contribution is -0.116. The maximum absolute atomic E-state index is 12.8. The van der Waals surface area contributed by atoms with E-state index in [2.05, 4.69) is 16.9 Å². The number of aromatic nitrogens is 2. The Morgan fingerprint density at radius 1 is 1.42 bits per heavy atom. The van der Waals surface area contributed by atoms with Crippen LogP contribution in [-0.4, -0.2) is 27.8 Å². The van der Waals surface area contributed by atoms with Crippen LogP contribution in [0.1, 0.15) is 30.4 Å². The lowest BCUT2D eigenvalue weighted by Crippen LogP contribution is -2.33. The number of nitrogens with zero attached hydrogens (tertiary/aromatic N) is 2. The van der Waals surface area contributed by atoms with Crippen LogP contribution < -0.4 is 15.6 Å². The first-order chi connectivity index (χ1) is 12.6. The van der Waals surface area contributed by atoms with Crippen LogP contribution in [0.5, 0.6) is 5.75 Å². The van der Waals surface area contributed by atoms with Crippen molar-refractivity contribution in [2.24, 2.45) is 7.05 Å². The summed E-state index contributed by atoms with van der Waals surface area (Å²) in [5.41, 5.74) is 1.01. The van der Waals surface area contributed by atoms with Gasteiger partial charge in [0.2, 0.25) is 5.91 Å². The molecular formula is C19H21N3O3S. The highest BCUT2D eigenvalue weighted by Gasteiger charge is 2.33. The highest BCUT2D eigenvalue weighted by molar-refractivity contribution is 7.99. The van der Waals surface area contributed by atoms with Crippen LogP contribution in [0.15, 0.2) is 46.9 Å². The molecule has 3 rings (SSSR count). The van der Waals surface area contributed by atoms with Crippen LogP contribution in [0, 0.1) is 0 Å². The van der Waals surface area contributed by atoms with Crippen LogP contribution >= 0.6 is 11.8 Å². The third kappa shape index (κ3) is 3.39. The Bertz CT molecular complexity index is 907. The molecule has 136 valence electrons. The molecule has 1 aliphatic heterocycles. The van der Waals surface area contributed by atoms with Gasteiger partial charge in [0.1, 0.15) is 11.6 Å². The predicted octanol–water partition coefficient (Wildman–Crippen LogP) is 2.93. The Kier molecular flexibility index (Phi) is 5.46. The lowest BCUT2D eigenvalue weighted by atomic mass is 9.86. The Labute approximate surface area is 156 Å². The van der Waals surface area contributed by atoms with E-state index in [9.17, 15) is 9.59 Å². The molecule has 2 aromatic rings. The number of rotatable bonds is 6. The van der Waals surface area contributed by atoms with Crippen molar-refractivity contribution in [1.29, 1.82) is 0 Å². The molecule has 0 spiro atoms. The van der Waals surface area contributed by atoms with E-state index in [0.29, 0.717) is 34.6 Å². The molecule has 1 unspecified atom stereocenters. The number of ether oxygens (including phenoxy) is 1. The third-order valence-electron chi connectivity index (χ3n) is 4.23. The molecule has 1 amide bonds. The zero-order valence-corrected chi connectivity index (χ0v) is 15.6. The highest BCUT2D eigenvalue weighted by Crippen LogP contribution is 2.39. The van der Waals surface area contributed by atoms with Crippen molar-refractivity contribution in [3.8, 4) is 5.75 Å². The molecule has 1 atom stereocenters. The molecule has 1 aliphatic rings. The predicted molar refractivity (Wildman–Crippen MR) is 103 cm³/mol. The summed E-state index contributed by atoms with van der Waals surface area (Å²) in [6, 6.07) is 7.52. The first-order valence-corrected chi connectivity index (χ1v) is 9.41. The van der Waals surface area contributed by atoms with Crippen LogP contribution in [-0.2, 0) is 11.8 Å². The van der Waals surface area contributed by atoms with E-state index in [1.54, 1.807) is 17.7 Å². The molecular weight excluding hydrogens is 350 g/mol. The zero-order chi connectivity index (χ0) is 18.7. The van der Waals surface area contributed by atoms with Crippen LogP contribution in [0.4, 0.5) is 5.82 Å². The van der Waals surface area contributed by atoms with Crippen molar-refractivity contribution in [1.82, 2.24) is 9.55 Å². The van der Waals surface area contributed by atoms with Gasteiger partial charge in [-0.05, 0) is 13.0 Å². The van der Waals surface area contributed by atoms with E-state index in [-0.39, 0.29) is 23.8 Å². The number of carbonyl (C=O) groups is 1. The maximum Gasteiger partial charge on any atom is 0.279 e. The van der Waals surface area contributed by atoms with Gasteiger partial charge in [-0.25, -0.2) is 0 Å². The van der Waals surface area contributed by atoms with E-state index >= 15 is 0 Å². The molecule has 26 heavy (non-hydrogen) atoms. The first-order valence-electron chi connectivity index (χ1n) is 8.43. The molecule has 0 fully saturated rings. The Morgan fingerprint density at radius 2 is 2.19 bits per heavy atom. The standard InChI is InChI=1S/C19H21N3O3S/c1-4-10-26-19-21-18(24)16-13(11-15(23)20-17(16)22(19)3)12-8-6-7-9-14(12)25-5-2/h4,6-9,13H,1,5,10-11H2,2-3H3,(H,20,23). The number of amides is 1. The van der Waals surface area contributed by atoms with Gasteiger partial charge in [-0.2, -0.15) is 4.98 Å². The van der Waals surface area contributed by atoms with Crippen molar-refractivity contribution in [2.75, 3.05) is 17.7 Å². The molecule has 0 aliphatic carbocycles. The number of hydrogen-bond acceptors (Lipinski definition) is 5. The largest absolute Gasteiger partial charge is 0.494 e. The zero-order valence-electron chi connectivity index (χ0n) is 14.8. The topological polar surface area (TPSA) is 73.2 Å². The minimum Gasteiger partial charge on any atom is -0.494 e.